The molecule has 0 heterocycles. The molecule has 4 heteroatoms. The van der Waals surface area contributed by atoms with Gasteiger partial charge in [0.25, 0.3) is 0 Å². The third-order valence-electron chi connectivity index (χ3n) is 3.44. The van der Waals surface area contributed by atoms with E-state index in [0.717, 1.165) is 35.2 Å². The van der Waals surface area contributed by atoms with Gasteiger partial charge >= 0.3 is 5.97 Å². The van der Waals surface area contributed by atoms with E-state index in [1.807, 2.05) is 36.4 Å². The van der Waals surface area contributed by atoms with Crippen molar-refractivity contribution < 1.29 is 14.6 Å². The zero-order valence-electron chi connectivity index (χ0n) is 13.7. The van der Waals surface area contributed by atoms with Crippen molar-refractivity contribution in [3.8, 4) is 5.75 Å². The summed E-state index contributed by atoms with van der Waals surface area (Å²) in [5.74, 6) is -0.490. The molecule has 2 aromatic rings. The maximum absolute atomic E-state index is 10.9. The van der Waals surface area contributed by atoms with Gasteiger partial charge in [0.05, 0.1) is 13.0 Å². The molecule has 22 heavy (non-hydrogen) atoms. The van der Waals surface area contributed by atoms with E-state index in [4.69, 9.17) is 9.84 Å². The molecule has 2 rings (SSSR count). The lowest BCUT2D eigenvalue weighted by Gasteiger charge is -2.08. The monoisotopic (exact) mass is 303 g/mol. The Hall–Kier alpha value is -2.07. The minimum Gasteiger partial charge on any atom is -0.497 e. The molecule has 0 saturated heterocycles. The second kappa shape index (κ2) is 9.05. The van der Waals surface area contributed by atoms with Crippen molar-refractivity contribution in [2.75, 3.05) is 20.2 Å². The van der Waals surface area contributed by atoms with E-state index in [0.29, 0.717) is 0 Å². The van der Waals surface area contributed by atoms with Crippen LogP contribution in [0, 0.1) is 0 Å². The SMILES string of the molecule is CCNCC.COc1ccc2cc(C(C)C(=O)O)ccc2c1. The first-order chi connectivity index (χ1) is 10.5. The van der Waals surface area contributed by atoms with Crippen LogP contribution in [-0.4, -0.2) is 31.3 Å². The van der Waals surface area contributed by atoms with Gasteiger partial charge in [0.15, 0.2) is 0 Å². The van der Waals surface area contributed by atoms with Crippen LogP contribution >= 0.6 is 0 Å². The zero-order valence-corrected chi connectivity index (χ0v) is 13.7. The van der Waals surface area contributed by atoms with Crippen LogP contribution in [0.2, 0.25) is 0 Å². The molecule has 0 aliphatic rings. The molecular weight excluding hydrogens is 278 g/mol. The lowest BCUT2D eigenvalue weighted by atomic mass is 9.98. The summed E-state index contributed by atoms with van der Waals surface area (Å²) in [6.45, 7) is 8.08. The van der Waals surface area contributed by atoms with Gasteiger partial charge < -0.3 is 15.2 Å². The predicted octanol–water partition coefficient (Wildman–Crippen LogP) is 3.65. The van der Waals surface area contributed by atoms with E-state index in [9.17, 15) is 4.79 Å². The number of nitrogens with one attached hydrogen (secondary N) is 1. The van der Waals surface area contributed by atoms with Crippen molar-refractivity contribution in [3.05, 3.63) is 42.0 Å². The molecule has 0 fully saturated rings. The highest BCUT2D eigenvalue weighted by molar-refractivity contribution is 5.86. The van der Waals surface area contributed by atoms with Crippen LogP contribution in [0.25, 0.3) is 10.8 Å². The molecule has 2 N–H and O–H groups in total. The fourth-order valence-electron chi connectivity index (χ4n) is 2.03. The van der Waals surface area contributed by atoms with E-state index < -0.39 is 11.9 Å². The molecule has 0 aromatic heterocycles. The normalized spacial score (nSPS) is 11.5. The molecule has 0 amide bonds. The first-order valence-electron chi connectivity index (χ1n) is 7.54. The van der Waals surface area contributed by atoms with Crippen molar-refractivity contribution >= 4 is 16.7 Å². The second-order valence-electron chi connectivity index (χ2n) is 4.99. The van der Waals surface area contributed by atoms with E-state index in [1.54, 1.807) is 14.0 Å². The number of benzene rings is 2. The maximum Gasteiger partial charge on any atom is 0.310 e. The minimum absolute atomic E-state index is 0.485. The van der Waals surface area contributed by atoms with Crippen LogP contribution in [0.15, 0.2) is 36.4 Å². The highest BCUT2D eigenvalue weighted by Crippen LogP contribution is 2.25. The van der Waals surface area contributed by atoms with Gasteiger partial charge in [0.2, 0.25) is 0 Å². The third kappa shape index (κ3) is 5.04. The van der Waals surface area contributed by atoms with Gasteiger partial charge in [-0.3, -0.25) is 4.79 Å². The molecule has 0 bridgehead atoms. The quantitative estimate of drug-likeness (QED) is 0.885. The number of rotatable bonds is 5. The lowest BCUT2D eigenvalue weighted by molar-refractivity contribution is -0.138. The summed E-state index contributed by atoms with van der Waals surface area (Å²) in [5, 5.41) is 14.2. The largest absolute Gasteiger partial charge is 0.497 e. The molecule has 1 unspecified atom stereocenters. The molecule has 0 saturated carbocycles. The van der Waals surface area contributed by atoms with Crippen molar-refractivity contribution in [2.45, 2.75) is 26.7 Å². The van der Waals surface area contributed by atoms with Gasteiger partial charge in [-0.2, -0.15) is 0 Å². The summed E-state index contributed by atoms with van der Waals surface area (Å²) in [4.78, 5) is 10.9. The predicted molar refractivity (Wildman–Crippen MR) is 90.8 cm³/mol. The fourth-order valence-corrected chi connectivity index (χ4v) is 2.03. The molecule has 0 spiro atoms. The van der Waals surface area contributed by atoms with E-state index in [-0.39, 0.29) is 0 Å². The number of carbonyl (C=O) groups is 1. The highest BCUT2D eigenvalue weighted by Gasteiger charge is 2.13. The molecule has 1 atom stereocenters. The van der Waals surface area contributed by atoms with Gasteiger partial charge in [-0.1, -0.05) is 38.1 Å². The Bertz CT molecular complexity index is 608. The number of hydrogen-bond acceptors (Lipinski definition) is 3. The summed E-state index contributed by atoms with van der Waals surface area (Å²) >= 11 is 0. The van der Waals surface area contributed by atoms with E-state index in [1.165, 1.54) is 0 Å². The molecule has 120 valence electrons. The first kappa shape index (κ1) is 18.0. The maximum atomic E-state index is 10.9. The van der Waals surface area contributed by atoms with Crippen molar-refractivity contribution in [3.63, 3.8) is 0 Å². The van der Waals surface area contributed by atoms with Gasteiger partial charge in [-0.15, -0.1) is 0 Å². The number of aliphatic carboxylic acids is 1. The van der Waals surface area contributed by atoms with Crippen LogP contribution in [0.5, 0.6) is 5.75 Å². The van der Waals surface area contributed by atoms with Crippen LogP contribution in [0.4, 0.5) is 0 Å². The number of fused-ring (bicyclic) bond motifs is 1. The Kier molecular flexibility index (Phi) is 7.40. The number of carboxylic acid groups (broad SMARTS) is 1. The highest BCUT2D eigenvalue weighted by atomic mass is 16.5. The Morgan fingerprint density at radius 2 is 1.73 bits per heavy atom. The van der Waals surface area contributed by atoms with Crippen molar-refractivity contribution in [1.82, 2.24) is 5.32 Å². The van der Waals surface area contributed by atoms with E-state index >= 15 is 0 Å². The zero-order chi connectivity index (χ0) is 16.5. The number of ether oxygens (including phenoxy) is 1. The molecule has 0 aliphatic carbocycles. The fraction of sp³-hybridized carbons (Fsp3) is 0.389. The summed E-state index contributed by atoms with van der Waals surface area (Å²) in [7, 11) is 1.63. The number of methoxy groups -OCH3 is 1. The summed E-state index contributed by atoms with van der Waals surface area (Å²) in [6.07, 6.45) is 0. The van der Waals surface area contributed by atoms with Crippen LogP contribution in [-0.2, 0) is 4.79 Å². The number of carboxylic acids is 1. The van der Waals surface area contributed by atoms with E-state index in [2.05, 4.69) is 19.2 Å². The van der Waals surface area contributed by atoms with Crippen molar-refractivity contribution in [2.24, 2.45) is 0 Å². The average Bonchev–Trinajstić information content (AvgIpc) is 2.54. The van der Waals surface area contributed by atoms with Gasteiger partial charge in [0, 0.05) is 0 Å². The minimum atomic E-state index is -0.808. The lowest BCUT2D eigenvalue weighted by Crippen LogP contribution is -2.09. The molecular formula is C18H25NO3. The van der Waals surface area contributed by atoms with Crippen molar-refractivity contribution in [1.29, 1.82) is 0 Å². The molecule has 4 nitrogen and oxygen atoms in total. The Labute approximate surface area is 132 Å². The molecule has 2 aromatic carbocycles. The standard InChI is InChI=1S/C14H14O3.C4H11N/c1-9(14(15)16)10-3-4-12-8-13(17-2)6-5-11(12)7-10;1-3-5-4-2/h3-9H,1-2H3,(H,15,16);5H,3-4H2,1-2H3. The van der Waals surface area contributed by atoms with Gasteiger partial charge in [0.1, 0.15) is 5.75 Å². The Morgan fingerprint density at radius 1 is 1.14 bits per heavy atom. The van der Waals surface area contributed by atoms with Crippen LogP contribution in [0.3, 0.4) is 0 Å². The van der Waals surface area contributed by atoms with Crippen LogP contribution < -0.4 is 10.1 Å². The summed E-state index contributed by atoms with van der Waals surface area (Å²) in [5.41, 5.74) is 0.815. The summed E-state index contributed by atoms with van der Waals surface area (Å²) < 4.78 is 5.14. The molecule has 0 aliphatic heterocycles. The Morgan fingerprint density at radius 3 is 2.23 bits per heavy atom. The second-order valence-corrected chi connectivity index (χ2v) is 4.99. The number of hydrogen-bond donors (Lipinski definition) is 2. The summed E-state index contributed by atoms with van der Waals surface area (Å²) in [6, 6.07) is 11.4. The first-order valence-corrected chi connectivity index (χ1v) is 7.54. The van der Waals surface area contributed by atoms with Gasteiger partial charge in [-0.25, -0.2) is 0 Å². The van der Waals surface area contributed by atoms with Gasteiger partial charge in [-0.05, 0) is 48.5 Å². The average molecular weight is 303 g/mol. The third-order valence-corrected chi connectivity index (χ3v) is 3.44. The molecule has 0 radical (unpaired) electrons. The smallest absolute Gasteiger partial charge is 0.310 e. The Balaban J connectivity index is 0.000000422. The topological polar surface area (TPSA) is 58.6 Å². The van der Waals surface area contributed by atoms with Crippen LogP contribution in [0.1, 0.15) is 32.3 Å².